The first-order valence-electron chi connectivity index (χ1n) is 15.0. The van der Waals surface area contributed by atoms with Crippen LogP contribution in [0.2, 0.25) is 0 Å². The highest BCUT2D eigenvalue weighted by Gasteiger charge is 2.33. The zero-order chi connectivity index (χ0) is 31.4. The standard InChI is InChI=1S/C32H40N6O5S/c1-20-17-37(18-21(2)42-20)27-11-8-9-24(34-27)25-19-44-30(35-25)36-28(39)26-10-6-7-16-38(26)29(40)22-12-14-23(15-13-22)33-31(41)43-32(3,4)5/h8-9,11-15,19-21,26H,6-7,10,16-18H2,1-5H3,(H,33,41)(H,35,36,39)/t20-,21+,26?. The Hall–Kier alpha value is -4.03. The number of hydrogen-bond donors (Lipinski definition) is 2. The van der Waals surface area contributed by atoms with Gasteiger partial charge in [0.2, 0.25) is 5.91 Å². The molecule has 3 amide bonds. The van der Waals surface area contributed by atoms with E-state index in [0.29, 0.717) is 35.0 Å². The molecule has 12 heteroatoms. The number of carbonyl (C=O) groups is 3. The van der Waals surface area contributed by atoms with E-state index in [1.54, 1.807) is 49.9 Å². The molecule has 0 aliphatic carbocycles. The molecule has 2 fully saturated rings. The van der Waals surface area contributed by atoms with Crippen molar-refractivity contribution < 1.29 is 23.9 Å². The van der Waals surface area contributed by atoms with Gasteiger partial charge in [-0.3, -0.25) is 14.9 Å². The fraction of sp³-hybridized carbons (Fsp3) is 0.469. The molecule has 2 saturated heterocycles. The molecule has 11 nitrogen and oxygen atoms in total. The molecule has 3 atom stereocenters. The van der Waals surface area contributed by atoms with Crippen molar-refractivity contribution in [3.63, 3.8) is 0 Å². The van der Waals surface area contributed by atoms with Crippen LogP contribution < -0.4 is 15.5 Å². The summed E-state index contributed by atoms with van der Waals surface area (Å²) in [7, 11) is 0. The van der Waals surface area contributed by atoms with E-state index in [9.17, 15) is 14.4 Å². The highest BCUT2D eigenvalue weighted by atomic mass is 32.1. The summed E-state index contributed by atoms with van der Waals surface area (Å²) in [6.45, 7) is 11.5. The Morgan fingerprint density at radius 3 is 2.39 bits per heavy atom. The highest BCUT2D eigenvalue weighted by Crippen LogP contribution is 2.28. The van der Waals surface area contributed by atoms with Gasteiger partial charge in [-0.05, 0) is 90.3 Å². The summed E-state index contributed by atoms with van der Waals surface area (Å²) in [6.07, 6.45) is 1.90. The van der Waals surface area contributed by atoms with Crippen molar-refractivity contribution in [1.29, 1.82) is 0 Å². The number of pyridine rings is 1. The third-order valence-corrected chi connectivity index (χ3v) is 8.08. The van der Waals surface area contributed by atoms with Crippen molar-refractivity contribution in [3.8, 4) is 11.4 Å². The summed E-state index contributed by atoms with van der Waals surface area (Å²) in [5, 5.41) is 7.94. The molecule has 2 aliphatic heterocycles. The van der Waals surface area contributed by atoms with E-state index in [1.165, 1.54) is 11.3 Å². The summed E-state index contributed by atoms with van der Waals surface area (Å²) >= 11 is 1.33. The number of morpholine rings is 1. The van der Waals surface area contributed by atoms with Gasteiger partial charge in [-0.2, -0.15) is 0 Å². The molecular weight excluding hydrogens is 580 g/mol. The van der Waals surface area contributed by atoms with Gasteiger partial charge in [0, 0.05) is 36.3 Å². The second kappa shape index (κ2) is 13.3. The molecule has 2 aliphatic rings. The number of amides is 3. The number of carbonyl (C=O) groups excluding carboxylic acids is 3. The van der Waals surface area contributed by atoms with Gasteiger partial charge in [-0.1, -0.05) is 6.07 Å². The van der Waals surface area contributed by atoms with Crippen LogP contribution in [0.25, 0.3) is 11.4 Å². The van der Waals surface area contributed by atoms with Crippen LogP contribution in [-0.2, 0) is 14.3 Å². The lowest BCUT2D eigenvalue weighted by Gasteiger charge is -2.36. The molecule has 5 rings (SSSR count). The molecule has 3 aromatic rings. The number of aromatic nitrogens is 2. The minimum Gasteiger partial charge on any atom is -0.444 e. The van der Waals surface area contributed by atoms with Crippen LogP contribution in [0.15, 0.2) is 47.8 Å². The molecule has 2 aromatic heterocycles. The largest absolute Gasteiger partial charge is 0.444 e. The Bertz CT molecular complexity index is 1480. The van der Waals surface area contributed by atoms with E-state index >= 15 is 0 Å². The maximum Gasteiger partial charge on any atom is 0.412 e. The van der Waals surface area contributed by atoms with Gasteiger partial charge in [0.05, 0.1) is 17.9 Å². The van der Waals surface area contributed by atoms with Gasteiger partial charge in [-0.15, -0.1) is 11.3 Å². The SMILES string of the molecule is C[C@@H]1CN(c2cccc(-c3csc(NC(=O)C4CCCCN4C(=O)c4ccc(NC(=O)OC(C)(C)C)cc4)n3)n2)C[C@H](C)O1. The van der Waals surface area contributed by atoms with Crippen LogP contribution in [0, 0.1) is 0 Å². The molecule has 2 N–H and O–H groups in total. The van der Waals surface area contributed by atoms with Crippen LogP contribution in [0.1, 0.15) is 64.2 Å². The van der Waals surface area contributed by atoms with Crippen molar-refractivity contribution in [2.75, 3.05) is 35.2 Å². The predicted octanol–water partition coefficient (Wildman–Crippen LogP) is 5.80. The molecule has 44 heavy (non-hydrogen) atoms. The van der Waals surface area contributed by atoms with Crippen molar-refractivity contribution in [1.82, 2.24) is 14.9 Å². The van der Waals surface area contributed by atoms with E-state index in [1.807, 2.05) is 23.6 Å². The number of likely N-dealkylation sites (tertiary alicyclic amines) is 1. The van der Waals surface area contributed by atoms with Crippen molar-refractivity contribution in [2.45, 2.75) is 77.7 Å². The van der Waals surface area contributed by atoms with E-state index in [0.717, 1.165) is 37.4 Å². The molecule has 4 heterocycles. The monoisotopic (exact) mass is 620 g/mol. The van der Waals surface area contributed by atoms with Gasteiger partial charge < -0.3 is 24.6 Å². The van der Waals surface area contributed by atoms with Crippen LogP contribution in [0.3, 0.4) is 0 Å². The lowest BCUT2D eigenvalue weighted by atomic mass is 10.00. The molecule has 0 radical (unpaired) electrons. The maximum absolute atomic E-state index is 13.5. The topological polar surface area (TPSA) is 126 Å². The molecule has 0 bridgehead atoms. The predicted molar refractivity (Wildman–Crippen MR) is 171 cm³/mol. The summed E-state index contributed by atoms with van der Waals surface area (Å²) in [5.41, 5.74) is 1.74. The fourth-order valence-corrected chi connectivity index (χ4v) is 6.18. The van der Waals surface area contributed by atoms with Crippen LogP contribution in [-0.4, -0.2) is 76.3 Å². The summed E-state index contributed by atoms with van der Waals surface area (Å²) in [6, 6.07) is 11.8. The molecular formula is C32H40N6O5S. The van der Waals surface area contributed by atoms with Gasteiger partial charge >= 0.3 is 6.09 Å². The number of thiazole rings is 1. The maximum atomic E-state index is 13.5. The van der Waals surface area contributed by atoms with E-state index < -0.39 is 17.7 Å². The molecule has 1 unspecified atom stereocenters. The van der Waals surface area contributed by atoms with Crippen molar-refractivity contribution in [2.24, 2.45) is 0 Å². The summed E-state index contributed by atoms with van der Waals surface area (Å²) in [5.74, 6) is 0.370. The van der Waals surface area contributed by atoms with Crippen molar-refractivity contribution in [3.05, 3.63) is 53.4 Å². The highest BCUT2D eigenvalue weighted by molar-refractivity contribution is 7.14. The van der Waals surface area contributed by atoms with Crippen LogP contribution in [0.5, 0.6) is 0 Å². The first kappa shape index (κ1) is 31.4. The Morgan fingerprint density at radius 2 is 1.68 bits per heavy atom. The Morgan fingerprint density at radius 1 is 0.955 bits per heavy atom. The number of nitrogens with one attached hydrogen (secondary N) is 2. The molecule has 0 saturated carbocycles. The molecule has 1 aromatic carbocycles. The Labute approximate surface area is 262 Å². The molecule has 0 spiro atoms. The third-order valence-electron chi connectivity index (χ3n) is 7.32. The second-order valence-electron chi connectivity index (χ2n) is 12.3. The number of piperidine rings is 1. The third kappa shape index (κ3) is 7.92. The number of hydrogen-bond acceptors (Lipinski definition) is 9. The molecule has 234 valence electrons. The zero-order valence-corrected chi connectivity index (χ0v) is 26.6. The first-order valence-corrected chi connectivity index (χ1v) is 15.9. The number of rotatable bonds is 6. The smallest absolute Gasteiger partial charge is 0.412 e. The number of nitrogens with zero attached hydrogens (tertiary/aromatic N) is 4. The quantitative estimate of drug-likeness (QED) is 0.354. The second-order valence-corrected chi connectivity index (χ2v) is 13.1. The normalized spacial score (nSPS) is 20.6. The summed E-state index contributed by atoms with van der Waals surface area (Å²) in [4.78, 5) is 52.3. The van der Waals surface area contributed by atoms with Crippen LogP contribution >= 0.6 is 11.3 Å². The Kier molecular flexibility index (Phi) is 9.50. The average Bonchev–Trinajstić information content (AvgIpc) is 3.44. The number of ether oxygens (including phenoxy) is 2. The van der Waals surface area contributed by atoms with E-state index in [4.69, 9.17) is 14.5 Å². The van der Waals surface area contributed by atoms with Crippen molar-refractivity contribution >= 4 is 45.9 Å². The fourth-order valence-electron chi connectivity index (χ4n) is 5.48. The van der Waals surface area contributed by atoms with Gasteiger partial charge in [0.15, 0.2) is 5.13 Å². The van der Waals surface area contributed by atoms with Crippen LogP contribution in [0.4, 0.5) is 21.4 Å². The average molecular weight is 621 g/mol. The minimum atomic E-state index is -0.618. The van der Waals surface area contributed by atoms with Gasteiger partial charge in [-0.25, -0.2) is 14.8 Å². The zero-order valence-electron chi connectivity index (χ0n) is 25.8. The van der Waals surface area contributed by atoms with Gasteiger partial charge in [0.25, 0.3) is 5.91 Å². The lowest BCUT2D eigenvalue weighted by Crippen LogP contribution is -2.50. The van der Waals surface area contributed by atoms with Gasteiger partial charge in [0.1, 0.15) is 23.2 Å². The first-order chi connectivity index (χ1) is 20.9. The van der Waals surface area contributed by atoms with E-state index in [-0.39, 0.29) is 24.0 Å². The number of anilines is 3. The Balaban J connectivity index is 1.23. The minimum absolute atomic E-state index is 0.122. The number of benzene rings is 1. The van der Waals surface area contributed by atoms with E-state index in [2.05, 4.69) is 34.4 Å². The lowest BCUT2D eigenvalue weighted by molar-refractivity contribution is -0.121. The summed E-state index contributed by atoms with van der Waals surface area (Å²) < 4.78 is 11.1.